The molecule has 8 nitrogen and oxygen atoms in total. The van der Waals surface area contributed by atoms with Gasteiger partial charge in [0.1, 0.15) is 11.6 Å². The molecule has 0 aliphatic heterocycles. The lowest BCUT2D eigenvalue weighted by Gasteiger charge is -2.60. The Labute approximate surface area is 224 Å². The number of aliphatic hydroxyl groups excluding tert-OH is 2. The van der Waals surface area contributed by atoms with Gasteiger partial charge in [-0.3, -0.25) is 19.2 Å². The van der Waals surface area contributed by atoms with Crippen LogP contribution in [0.3, 0.4) is 0 Å². The number of carboxylic acids is 1. The molecule has 0 amide bonds. The van der Waals surface area contributed by atoms with E-state index in [2.05, 4.69) is 0 Å². The van der Waals surface area contributed by atoms with Crippen LogP contribution in [-0.4, -0.2) is 61.6 Å². The zero-order valence-electron chi connectivity index (χ0n) is 23.8. The van der Waals surface area contributed by atoms with Gasteiger partial charge in [0, 0.05) is 48.0 Å². The topological polar surface area (TPSA) is 149 Å². The van der Waals surface area contributed by atoms with E-state index in [0.717, 1.165) is 0 Å². The van der Waals surface area contributed by atoms with Crippen LogP contribution in [0.1, 0.15) is 93.4 Å². The Hall–Kier alpha value is -1.90. The number of rotatable bonds is 6. The molecule has 0 bridgehead atoms. The Balaban J connectivity index is 1.78. The third kappa shape index (κ3) is 3.80. The zero-order chi connectivity index (χ0) is 28.8. The molecule has 0 heterocycles. The van der Waals surface area contributed by atoms with Gasteiger partial charge in [-0.05, 0) is 50.0 Å². The molecule has 0 unspecified atom stereocenters. The maximum atomic E-state index is 14.1. The average Bonchev–Trinajstić information content (AvgIpc) is 2.99. The molecule has 212 valence electrons. The fourth-order valence-corrected chi connectivity index (χ4v) is 9.16. The van der Waals surface area contributed by atoms with E-state index >= 15 is 0 Å². The van der Waals surface area contributed by atoms with Crippen LogP contribution in [-0.2, 0) is 19.2 Å². The number of allylic oxidation sites excluding steroid dienone is 1. The summed E-state index contributed by atoms with van der Waals surface area (Å²) in [6, 6.07) is 0. The third-order valence-corrected chi connectivity index (χ3v) is 11.5. The summed E-state index contributed by atoms with van der Waals surface area (Å²) in [6.07, 6.45) is -1.21. The molecule has 0 aromatic carbocycles. The second-order valence-corrected chi connectivity index (χ2v) is 14.2. The Morgan fingerprint density at radius 1 is 1.11 bits per heavy atom. The molecule has 2 fully saturated rings. The second-order valence-electron chi connectivity index (χ2n) is 14.2. The van der Waals surface area contributed by atoms with Crippen LogP contribution in [0.5, 0.6) is 0 Å². The van der Waals surface area contributed by atoms with Gasteiger partial charge in [0.25, 0.3) is 0 Å². The van der Waals surface area contributed by atoms with Crippen LogP contribution in [0.4, 0.5) is 0 Å². The van der Waals surface area contributed by atoms with Crippen LogP contribution >= 0.6 is 0 Å². The molecule has 8 heteroatoms. The quantitative estimate of drug-likeness (QED) is 0.407. The number of carbonyl (C=O) groups excluding carboxylic acids is 3. The van der Waals surface area contributed by atoms with Gasteiger partial charge in [-0.15, -0.1) is 0 Å². The van der Waals surface area contributed by atoms with Crippen LogP contribution in [0, 0.1) is 39.4 Å². The normalized spacial score (nSPS) is 41.6. The van der Waals surface area contributed by atoms with Gasteiger partial charge in [0.05, 0.1) is 29.1 Å². The largest absolute Gasteiger partial charge is 0.481 e. The van der Waals surface area contributed by atoms with Crippen molar-refractivity contribution in [3.8, 4) is 0 Å². The lowest BCUT2D eigenvalue weighted by Crippen LogP contribution is -2.60. The number of Topliss-reactive ketones (excluding diaryl/α,β-unsaturated/α-hetero) is 3. The molecule has 4 aliphatic rings. The number of aliphatic hydroxyl groups is 3. The second kappa shape index (κ2) is 8.80. The summed E-state index contributed by atoms with van der Waals surface area (Å²) < 4.78 is 0. The van der Waals surface area contributed by atoms with E-state index in [4.69, 9.17) is 0 Å². The van der Waals surface area contributed by atoms with Crippen molar-refractivity contribution < 1.29 is 39.6 Å². The Morgan fingerprint density at radius 2 is 1.71 bits per heavy atom. The van der Waals surface area contributed by atoms with Crippen molar-refractivity contribution in [3.63, 3.8) is 0 Å². The van der Waals surface area contributed by atoms with Crippen LogP contribution < -0.4 is 0 Å². The molecule has 0 aromatic heterocycles. The van der Waals surface area contributed by atoms with Crippen molar-refractivity contribution in [1.29, 1.82) is 0 Å². The highest BCUT2D eigenvalue weighted by atomic mass is 16.4. The number of hydrogen-bond acceptors (Lipinski definition) is 7. The van der Waals surface area contributed by atoms with Crippen LogP contribution in [0.25, 0.3) is 0 Å². The lowest BCUT2D eigenvalue weighted by atomic mass is 9.42. The maximum absolute atomic E-state index is 14.1. The number of ketones is 3. The minimum atomic E-state index is -1.55. The van der Waals surface area contributed by atoms with Crippen molar-refractivity contribution in [2.75, 3.05) is 0 Å². The molecule has 2 saturated carbocycles. The SMILES string of the molecule is C[C@@H](C[C@H](O)C[C@@](C)(O)[C@@H]1CC(=O)[C@]2(C)C3=C(C(=O)C[C@@]12C)[C@]1(C)CCC(=O)C(C)(C)[C@H]1C[C@H]3O)C(=O)O. The maximum Gasteiger partial charge on any atom is 0.306 e. The van der Waals surface area contributed by atoms with Gasteiger partial charge in [-0.1, -0.05) is 34.6 Å². The summed E-state index contributed by atoms with van der Waals surface area (Å²) in [6.45, 7) is 12.4. The first-order valence-corrected chi connectivity index (χ1v) is 13.9. The minimum Gasteiger partial charge on any atom is -0.481 e. The summed E-state index contributed by atoms with van der Waals surface area (Å²) in [5.74, 6) is -2.92. The Kier molecular flexibility index (Phi) is 6.74. The van der Waals surface area contributed by atoms with E-state index in [0.29, 0.717) is 24.0 Å². The number of aliphatic carboxylic acids is 1. The molecular formula is C30H44O8. The molecule has 0 radical (unpaired) electrons. The molecular weight excluding hydrogens is 488 g/mol. The van der Waals surface area contributed by atoms with Crippen molar-refractivity contribution in [2.45, 2.75) is 111 Å². The average molecular weight is 533 g/mol. The van der Waals surface area contributed by atoms with E-state index in [-0.39, 0.29) is 55.4 Å². The van der Waals surface area contributed by atoms with Gasteiger partial charge in [-0.25, -0.2) is 0 Å². The van der Waals surface area contributed by atoms with E-state index in [9.17, 15) is 39.6 Å². The molecule has 4 aliphatic carbocycles. The number of hydrogen-bond donors (Lipinski definition) is 4. The van der Waals surface area contributed by atoms with E-state index in [1.807, 2.05) is 27.7 Å². The Morgan fingerprint density at radius 3 is 2.29 bits per heavy atom. The van der Waals surface area contributed by atoms with Gasteiger partial charge >= 0.3 is 5.97 Å². The first-order chi connectivity index (χ1) is 17.2. The molecule has 0 aromatic rings. The first kappa shape index (κ1) is 29.1. The fraction of sp³-hybridized carbons (Fsp3) is 0.800. The molecule has 0 saturated heterocycles. The predicted octanol–water partition coefficient (Wildman–Crippen LogP) is 3.25. The summed E-state index contributed by atoms with van der Waals surface area (Å²) in [4.78, 5) is 52.1. The van der Waals surface area contributed by atoms with Crippen molar-refractivity contribution in [2.24, 2.45) is 39.4 Å². The monoisotopic (exact) mass is 532 g/mol. The van der Waals surface area contributed by atoms with E-state index < -0.39 is 57.3 Å². The lowest BCUT2D eigenvalue weighted by molar-refractivity contribution is -0.149. The number of carbonyl (C=O) groups is 4. The predicted molar refractivity (Wildman–Crippen MR) is 139 cm³/mol. The van der Waals surface area contributed by atoms with Crippen LogP contribution in [0.15, 0.2) is 11.1 Å². The number of carboxylic acid groups (broad SMARTS) is 1. The summed E-state index contributed by atoms with van der Waals surface area (Å²) in [7, 11) is 0. The summed E-state index contributed by atoms with van der Waals surface area (Å²) >= 11 is 0. The highest BCUT2D eigenvalue weighted by Gasteiger charge is 2.71. The van der Waals surface area contributed by atoms with Crippen molar-refractivity contribution in [1.82, 2.24) is 0 Å². The van der Waals surface area contributed by atoms with Crippen molar-refractivity contribution in [3.05, 3.63) is 11.1 Å². The van der Waals surface area contributed by atoms with Crippen molar-refractivity contribution >= 4 is 23.3 Å². The molecule has 38 heavy (non-hydrogen) atoms. The fourth-order valence-electron chi connectivity index (χ4n) is 9.16. The molecule has 9 atom stereocenters. The molecule has 4 rings (SSSR count). The first-order valence-electron chi connectivity index (χ1n) is 13.9. The molecule has 0 spiro atoms. The highest BCUT2D eigenvalue weighted by Crippen LogP contribution is 2.70. The minimum absolute atomic E-state index is 0.0118. The third-order valence-electron chi connectivity index (χ3n) is 11.5. The zero-order valence-corrected chi connectivity index (χ0v) is 23.8. The molecule has 4 N–H and O–H groups in total. The summed E-state index contributed by atoms with van der Waals surface area (Å²) in [5.41, 5.74) is -4.13. The number of fused-ring (bicyclic) bond motifs is 4. The van der Waals surface area contributed by atoms with E-state index in [1.165, 1.54) is 6.92 Å². The standard InChI is InChI=1S/C30H44O8/c1-15(25(36)37)10-16(31)13-29(6,38)20-12-22(35)30(7)24-17(32)11-19-26(2,3)21(34)8-9-27(19,4)23(24)18(33)14-28(20,30)5/h15-17,19-20,31-32,38H,8-14H2,1-7H3,(H,36,37)/t15-,16-,17+,19+,20+,27+,28-,29+,30+/m0/s1. The van der Waals surface area contributed by atoms with E-state index in [1.54, 1.807) is 13.8 Å². The Bertz CT molecular complexity index is 1120. The van der Waals surface area contributed by atoms with Gasteiger partial charge in [0.15, 0.2) is 5.78 Å². The van der Waals surface area contributed by atoms with Gasteiger partial charge in [-0.2, -0.15) is 0 Å². The van der Waals surface area contributed by atoms with Gasteiger partial charge < -0.3 is 20.4 Å². The van der Waals surface area contributed by atoms with Crippen LogP contribution in [0.2, 0.25) is 0 Å². The summed E-state index contributed by atoms with van der Waals surface area (Å²) in [5, 5.41) is 43.1. The smallest absolute Gasteiger partial charge is 0.306 e. The highest BCUT2D eigenvalue weighted by molar-refractivity contribution is 6.05. The van der Waals surface area contributed by atoms with Gasteiger partial charge in [0.2, 0.25) is 0 Å².